The number of hydrogen-bond donors (Lipinski definition) is 2. The standard InChI is InChI=1S/C12H21N3S/c1-2-10(9-6-4-3-5-7-9)14-12-8-11(13)15-16-12/h8-10,14H,2-7H2,1H3,(H2,13,15). The van der Waals surface area contributed by atoms with Gasteiger partial charge in [-0.2, -0.15) is 4.37 Å². The Kier molecular flexibility index (Phi) is 4.04. The zero-order valence-corrected chi connectivity index (χ0v) is 10.7. The van der Waals surface area contributed by atoms with Crippen LogP contribution < -0.4 is 11.1 Å². The van der Waals surface area contributed by atoms with E-state index in [1.165, 1.54) is 50.1 Å². The van der Waals surface area contributed by atoms with Crippen molar-refractivity contribution < 1.29 is 0 Å². The molecule has 3 nitrogen and oxygen atoms in total. The first-order valence-corrected chi connectivity index (χ1v) is 7.05. The number of anilines is 2. The zero-order chi connectivity index (χ0) is 11.4. The van der Waals surface area contributed by atoms with Crippen molar-refractivity contribution in [2.75, 3.05) is 11.1 Å². The molecule has 1 unspecified atom stereocenters. The summed E-state index contributed by atoms with van der Waals surface area (Å²) < 4.78 is 4.11. The Morgan fingerprint density at radius 3 is 2.81 bits per heavy atom. The van der Waals surface area contributed by atoms with Crippen LogP contribution in [0.3, 0.4) is 0 Å². The summed E-state index contributed by atoms with van der Waals surface area (Å²) in [6, 6.07) is 2.54. The van der Waals surface area contributed by atoms with Gasteiger partial charge < -0.3 is 11.1 Å². The Bertz CT molecular complexity index is 318. The van der Waals surface area contributed by atoms with Crippen molar-refractivity contribution in [3.8, 4) is 0 Å². The fourth-order valence-electron chi connectivity index (χ4n) is 2.63. The molecule has 1 aromatic heterocycles. The van der Waals surface area contributed by atoms with Gasteiger partial charge in [-0.05, 0) is 36.7 Å². The highest BCUT2D eigenvalue weighted by Gasteiger charge is 2.22. The summed E-state index contributed by atoms with van der Waals surface area (Å²) in [6.07, 6.45) is 8.14. The van der Waals surface area contributed by atoms with Gasteiger partial charge in [0.05, 0.1) is 0 Å². The van der Waals surface area contributed by atoms with Crippen LogP contribution in [0.15, 0.2) is 6.07 Å². The van der Waals surface area contributed by atoms with Crippen LogP contribution in [0.5, 0.6) is 0 Å². The summed E-state index contributed by atoms with van der Waals surface area (Å²) >= 11 is 1.47. The lowest BCUT2D eigenvalue weighted by Gasteiger charge is -2.30. The van der Waals surface area contributed by atoms with Crippen LogP contribution in [0.25, 0.3) is 0 Å². The van der Waals surface area contributed by atoms with E-state index in [1.54, 1.807) is 0 Å². The SMILES string of the molecule is CCC(Nc1cc(N)ns1)C1CCCCC1. The number of nitrogen functional groups attached to an aromatic ring is 1. The van der Waals surface area contributed by atoms with Gasteiger partial charge in [0, 0.05) is 12.1 Å². The van der Waals surface area contributed by atoms with Crippen LogP contribution in [0.2, 0.25) is 0 Å². The molecule has 4 heteroatoms. The Labute approximate surface area is 102 Å². The molecule has 1 aliphatic carbocycles. The van der Waals surface area contributed by atoms with Crippen LogP contribution in [-0.4, -0.2) is 10.4 Å². The van der Waals surface area contributed by atoms with Gasteiger partial charge in [0.1, 0.15) is 10.8 Å². The van der Waals surface area contributed by atoms with E-state index in [9.17, 15) is 0 Å². The highest BCUT2D eigenvalue weighted by molar-refractivity contribution is 7.10. The third kappa shape index (κ3) is 2.88. The van der Waals surface area contributed by atoms with Gasteiger partial charge in [-0.25, -0.2) is 0 Å². The molecule has 1 heterocycles. The number of nitrogens with two attached hydrogens (primary N) is 1. The van der Waals surface area contributed by atoms with Gasteiger partial charge in [0.2, 0.25) is 0 Å². The highest BCUT2D eigenvalue weighted by atomic mass is 32.1. The molecule has 0 aliphatic heterocycles. The molecule has 3 N–H and O–H groups in total. The quantitative estimate of drug-likeness (QED) is 0.845. The molecule has 1 aromatic rings. The summed E-state index contributed by atoms with van der Waals surface area (Å²) in [6.45, 7) is 2.26. The summed E-state index contributed by atoms with van der Waals surface area (Å²) in [5.74, 6) is 1.47. The van der Waals surface area contributed by atoms with Gasteiger partial charge in [-0.1, -0.05) is 26.2 Å². The maximum atomic E-state index is 5.63. The van der Waals surface area contributed by atoms with E-state index in [-0.39, 0.29) is 0 Å². The minimum atomic E-state index is 0.597. The second kappa shape index (κ2) is 5.53. The molecule has 0 radical (unpaired) electrons. The topological polar surface area (TPSA) is 50.9 Å². The molecular formula is C12H21N3S. The molecular weight excluding hydrogens is 218 g/mol. The van der Waals surface area contributed by atoms with Gasteiger partial charge >= 0.3 is 0 Å². The average Bonchev–Trinajstić information content (AvgIpc) is 2.73. The van der Waals surface area contributed by atoms with Gasteiger partial charge in [0.25, 0.3) is 0 Å². The number of rotatable bonds is 4. The fourth-order valence-corrected chi connectivity index (χ4v) is 3.26. The molecule has 1 aliphatic rings. The number of hydrogen-bond acceptors (Lipinski definition) is 4. The van der Waals surface area contributed by atoms with Crippen LogP contribution in [0.1, 0.15) is 45.4 Å². The average molecular weight is 239 g/mol. The van der Waals surface area contributed by atoms with Crippen molar-refractivity contribution in [3.63, 3.8) is 0 Å². The van der Waals surface area contributed by atoms with Crippen molar-refractivity contribution in [1.82, 2.24) is 4.37 Å². The maximum Gasteiger partial charge on any atom is 0.139 e. The molecule has 2 rings (SSSR count). The Morgan fingerprint density at radius 2 is 2.25 bits per heavy atom. The molecule has 0 aromatic carbocycles. The van der Waals surface area contributed by atoms with Gasteiger partial charge in [-0.3, -0.25) is 0 Å². The predicted octanol–water partition coefficient (Wildman–Crippen LogP) is 3.50. The van der Waals surface area contributed by atoms with Crippen molar-refractivity contribution in [2.24, 2.45) is 5.92 Å². The van der Waals surface area contributed by atoms with E-state index in [0.717, 1.165) is 10.9 Å². The lowest BCUT2D eigenvalue weighted by molar-refractivity contribution is 0.313. The Hall–Kier alpha value is -0.770. The third-order valence-electron chi connectivity index (χ3n) is 3.51. The predicted molar refractivity (Wildman–Crippen MR) is 70.8 cm³/mol. The summed E-state index contributed by atoms with van der Waals surface area (Å²) in [5.41, 5.74) is 5.63. The van der Waals surface area contributed by atoms with Crippen LogP contribution >= 0.6 is 11.5 Å². The largest absolute Gasteiger partial charge is 0.383 e. The number of nitrogens with zero attached hydrogens (tertiary/aromatic N) is 1. The van der Waals surface area contributed by atoms with Crippen LogP contribution in [-0.2, 0) is 0 Å². The monoisotopic (exact) mass is 239 g/mol. The first-order valence-electron chi connectivity index (χ1n) is 6.28. The molecule has 0 spiro atoms. The molecule has 0 amide bonds. The Balaban J connectivity index is 1.94. The molecule has 1 atom stereocenters. The second-order valence-corrected chi connectivity index (χ2v) is 5.48. The van der Waals surface area contributed by atoms with E-state index in [1.807, 2.05) is 6.07 Å². The van der Waals surface area contributed by atoms with E-state index < -0.39 is 0 Å². The maximum absolute atomic E-state index is 5.63. The van der Waals surface area contributed by atoms with Crippen LogP contribution in [0, 0.1) is 5.92 Å². The molecule has 16 heavy (non-hydrogen) atoms. The molecule has 90 valence electrons. The summed E-state index contributed by atoms with van der Waals surface area (Å²) in [4.78, 5) is 0. The molecule has 1 saturated carbocycles. The van der Waals surface area contributed by atoms with Crippen molar-refractivity contribution in [1.29, 1.82) is 0 Å². The van der Waals surface area contributed by atoms with E-state index in [0.29, 0.717) is 11.9 Å². The summed E-state index contributed by atoms with van der Waals surface area (Å²) in [5, 5.41) is 4.72. The second-order valence-electron chi connectivity index (χ2n) is 4.67. The molecule has 0 saturated heterocycles. The molecule has 0 bridgehead atoms. The highest BCUT2D eigenvalue weighted by Crippen LogP contribution is 2.30. The lowest BCUT2D eigenvalue weighted by Crippen LogP contribution is -2.29. The third-order valence-corrected chi connectivity index (χ3v) is 4.25. The number of aromatic nitrogens is 1. The van der Waals surface area contributed by atoms with E-state index >= 15 is 0 Å². The van der Waals surface area contributed by atoms with Crippen molar-refractivity contribution in [3.05, 3.63) is 6.07 Å². The lowest BCUT2D eigenvalue weighted by atomic mass is 9.83. The Morgan fingerprint density at radius 1 is 1.50 bits per heavy atom. The van der Waals surface area contributed by atoms with Gasteiger partial charge in [0.15, 0.2) is 0 Å². The molecule has 1 fully saturated rings. The number of nitrogens with one attached hydrogen (secondary N) is 1. The fraction of sp³-hybridized carbons (Fsp3) is 0.750. The summed E-state index contributed by atoms with van der Waals surface area (Å²) in [7, 11) is 0. The van der Waals surface area contributed by atoms with Crippen molar-refractivity contribution in [2.45, 2.75) is 51.5 Å². The smallest absolute Gasteiger partial charge is 0.139 e. The van der Waals surface area contributed by atoms with Gasteiger partial charge in [-0.15, -0.1) is 0 Å². The first kappa shape index (κ1) is 11.7. The normalized spacial score (nSPS) is 19.6. The van der Waals surface area contributed by atoms with Crippen molar-refractivity contribution >= 4 is 22.4 Å². The van der Waals surface area contributed by atoms with E-state index in [2.05, 4.69) is 16.6 Å². The minimum Gasteiger partial charge on any atom is -0.383 e. The van der Waals surface area contributed by atoms with E-state index in [4.69, 9.17) is 5.73 Å². The van der Waals surface area contributed by atoms with Crippen LogP contribution in [0.4, 0.5) is 10.8 Å². The minimum absolute atomic E-state index is 0.597. The zero-order valence-electron chi connectivity index (χ0n) is 9.91. The first-order chi connectivity index (χ1) is 7.79.